The third-order valence-electron chi connectivity index (χ3n) is 8.68. The minimum atomic E-state index is -0.728. The monoisotopic (exact) mass is 764 g/mol. The maximum Gasteiger partial charge on any atom is 0.325 e. The average Bonchev–Trinajstić information content (AvgIpc) is 3.70. The van der Waals surface area contributed by atoms with Gasteiger partial charge < -0.3 is 34.2 Å². The van der Waals surface area contributed by atoms with E-state index in [-0.39, 0.29) is 48.6 Å². The number of hydrogen-bond acceptors (Lipinski definition) is 11. The van der Waals surface area contributed by atoms with Gasteiger partial charge in [-0.25, -0.2) is 5.06 Å². The molecule has 2 N–H and O–H groups in total. The highest BCUT2D eigenvalue weighted by Gasteiger charge is 2.33. The Morgan fingerprint density at radius 3 is 2.16 bits per heavy atom. The minimum Gasteiger partial charge on any atom is -0.493 e. The lowest BCUT2D eigenvalue weighted by molar-refractivity contribution is -0.201. The van der Waals surface area contributed by atoms with Gasteiger partial charge in [-0.2, -0.15) is 0 Å². The van der Waals surface area contributed by atoms with Crippen LogP contribution in [-0.4, -0.2) is 92.7 Å². The van der Waals surface area contributed by atoms with Crippen LogP contribution >= 0.6 is 0 Å². The molecule has 1 aromatic heterocycles. The second kappa shape index (κ2) is 23.2. The Kier molecular flexibility index (Phi) is 18.4. The van der Waals surface area contributed by atoms with Gasteiger partial charge in [0.2, 0.25) is 12.3 Å². The largest absolute Gasteiger partial charge is 0.493 e. The highest BCUT2D eigenvalue weighted by Crippen LogP contribution is 2.30. The summed E-state index contributed by atoms with van der Waals surface area (Å²) in [5, 5.41) is 6.70. The van der Waals surface area contributed by atoms with Gasteiger partial charge in [-0.3, -0.25) is 33.6 Å². The number of unbranched alkanes of at least 4 members (excludes halogenated alkanes) is 2. The number of amides is 4. The Bertz CT molecular complexity index is 1690. The van der Waals surface area contributed by atoms with Crippen molar-refractivity contribution in [1.82, 2.24) is 20.6 Å². The SMILES string of the molecule is CCCCCC(C(=O)NCNC(=O)c1ccc(-c2ccc(C(=O)N(CC(=O)OC)CC(=O)OC)c(OCC)c2)o1)[C@@H](CCC)N(C=O)OCc1ccccc1. The summed E-state index contributed by atoms with van der Waals surface area (Å²) in [6.07, 6.45) is 5.06. The summed E-state index contributed by atoms with van der Waals surface area (Å²) in [5.41, 5.74) is 1.44. The molecule has 15 heteroatoms. The average molecular weight is 765 g/mol. The van der Waals surface area contributed by atoms with E-state index < -0.39 is 48.8 Å². The van der Waals surface area contributed by atoms with E-state index in [2.05, 4.69) is 27.0 Å². The fourth-order valence-corrected chi connectivity index (χ4v) is 5.82. The first-order valence-electron chi connectivity index (χ1n) is 18.4. The van der Waals surface area contributed by atoms with Crippen molar-refractivity contribution in [2.24, 2.45) is 5.92 Å². The van der Waals surface area contributed by atoms with Crippen LogP contribution in [0.5, 0.6) is 5.75 Å². The molecule has 0 radical (unpaired) electrons. The van der Waals surface area contributed by atoms with Gasteiger partial charge in [-0.1, -0.05) is 75.9 Å². The zero-order chi connectivity index (χ0) is 40.2. The van der Waals surface area contributed by atoms with Crippen molar-refractivity contribution in [3.8, 4) is 17.1 Å². The molecule has 0 fully saturated rings. The molecule has 4 amide bonds. The number of hydrogen-bond donors (Lipinski definition) is 2. The summed E-state index contributed by atoms with van der Waals surface area (Å²) in [4.78, 5) is 83.2. The van der Waals surface area contributed by atoms with Crippen molar-refractivity contribution in [2.45, 2.75) is 71.9 Å². The molecule has 2 aromatic carbocycles. The van der Waals surface area contributed by atoms with E-state index in [1.54, 1.807) is 25.1 Å². The Morgan fingerprint density at radius 1 is 0.836 bits per heavy atom. The number of ether oxygens (including phenoxy) is 3. The molecular weight excluding hydrogens is 712 g/mol. The smallest absolute Gasteiger partial charge is 0.325 e. The molecular formula is C40H52N4O11. The molecule has 1 unspecified atom stereocenters. The van der Waals surface area contributed by atoms with Gasteiger partial charge in [-0.15, -0.1) is 0 Å². The van der Waals surface area contributed by atoms with Gasteiger partial charge in [0.1, 0.15) is 31.2 Å². The van der Waals surface area contributed by atoms with E-state index in [1.165, 1.54) is 31.4 Å². The summed E-state index contributed by atoms with van der Waals surface area (Å²) in [5.74, 6) is -3.20. The van der Waals surface area contributed by atoms with E-state index in [0.717, 1.165) is 29.7 Å². The van der Waals surface area contributed by atoms with Crippen molar-refractivity contribution in [3.05, 3.63) is 77.6 Å². The molecule has 0 aliphatic rings. The van der Waals surface area contributed by atoms with Gasteiger partial charge >= 0.3 is 11.9 Å². The summed E-state index contributed by atoms with van der Waals surface area (Å²) in [6.45, 7) is 4.97. The Labute approximate surface area is 321 Å². The van der Waals surface area contributed by atoms with Crippen LogP contribution in [0.25, 0.3) is 11.3 Å². The highest BCUT2D eigenvalue weighted by molar-refractivity contribution is 6.00. The molecule has 298 valence electrons. The van der Waals surface area contributed by atoms with Gasteiger partial charge in [-0.05, 0) is 49.6 Å². The molecule has 0 saturated carbocycles. The summed E-state index contributed by atoms with van der Waals surface area (Å²) < 4.78 is 20.9. The van der Waals surface area contributed by atoms with Crippen LogP contribution in [0, 0.1) is 5.92 Å². The van der Waals surface area contributed by atoms with Crippen molar-refractivity contribution in [3.63, 3.8) is 0 Å². The maximum absolute atomic E-state index is 13.6. The minimum absolute atomic E-state index is 0.0329. The molecule has 0 bridgehead atoms. The first kappa shape index (κ1) is 43.7. The lowest BCUT2D eigenvalue weighted by Gasteiger charge is -2.33. The van der Waals surface area contributed by atoms with E-state index in [4.69, 9.17) is 14.0 Å². The molecule has 3 rings (SSSR count). The molecule has 1 heterocycles. The number of carbonyl (C=O) groups is 6. The molecule has 15 nitrogen and oxygen atoms in total. The Balaban J connectivity index is 1.72. The fourth-order valence-electron chi connectivity index (χ4n) is 5.82. The number of furan rings is 1. The third-order valence-corrected chi connectivity index (χ3v) is 8.68. The van der Waals surface area contributed by atoms with Crippen molar-refractivity contribution in [2.75, 3.05) is 40.6 Å². The summed E-state index contributed by atoms with van der Waals surface area (Å²) in [7, 11) is 2.33. The number of rotatable bonds is 24. The molecule has 2 atom stereocenters. The summed E-state index contributed by atoms with van der Waals surface area (Å²) in [6, 6.07) is 16.6. The standard InChI is InChI=1S/C40H52N4O11/c1-6-9-11-17-30(32(14-7-2)44(27-45)54-25-28-15-12-10-13-16-28)38(48)41-26-42-39(49)34-21-20-33(55-34)29-18-19-31(35(22-29)53-8-3)40(50)43(23-36(46)51-4)24-37(47)52-5/h10,12-13,15-16,18-22,27,30,32H,6-9,11,14,17,23-26H2,1-5H3,(H,41,48)(H,42,49)/t30?,32-/m1/s1. The van der Waals surface area contributed by atoms with Crippen LogP contribution in [0.3, 0.4) is 0 Å². The van der Waals surface area contributed by atoms with Crippen LogP contribution < -0.4 is 15.4 Å². The number of hydroxylamine groups is 2. The number of benzene rings is 2. The van der Waals surface area contributed by atoms with Crippen LogP contribution in [0.15, 0.2) is 65.1 Å². The lowest BCUT2D eigenvalue weighted by Crippen LogP contribution is -2.48. The van der Waals surface area contributed by atoms with Gasteiger partial charge in [0, 0.05) is 5.56 Å². The predicted molar refractivity (Wildman–Crippen MR) is 201 cm³/mol. The molecule has 0 aliphatic carbocycles. The topological polar surface area (TPSA) is 183 Å². The normalized spacial score (nSPS) is 11.8. The fraction of sp³-hybridized carbons (Fsp3) is 0.450. The molecule has 3 aromatic rings. The Hall–Kier alpha value is -5.70. The van der Waals surface area contributed by atoms with E-state index in [0.29, 0.717) is 31.2 Å². The van der Waals surface area contributed by atoms with Crippen LogP contribution in [-0.2, 0) is 40.1 Å². The number of carbonyl (C=O) groups excluding carboxylic acids is 6. The van der Waals surface area contributed by atoms with Crippen molar-refractivity contribution < 1.29 is 52.2 Å². The van der Waals surface area contributed by atoms with Gasteiger partial charge in [0.25, 0.3) is 11.8 Å². The second-order valence-electron chi connectivity index (χ2n) is 12.5. The number of nitrogens with one attached hydrogen (secondary N) is 2. The van der Waals surface area contributed by atoms with Crippen LogP contribution in [0.2, 0.25) is 0 Å². The number of nitrogens with zero attached hydrogens (tertiary/aromatic N) is 2. The summed E-state index contributed by atoms with van der Waals surface area (Å²) >= 11 is 0. The predicted octanol–water partition coefficient (Wildman–Crippen LogP) is 4.89. The number of esters is 2. The first-order valence-corrected chi connectivity index (χ1v) is 18.4. The molecule has 0 aliphatic heterocycles. The van der Waals surface area contributed by atoms with Gasteiger partial charge in [0.05, 0.1) is 45.0 Å². The molecule has 0 spiro atoms. The van der Waals surface area contributed by atoms with E-state index in [9.17, 15) is 28.8 Å². The highest BCUT2D eigenvalue weighted by atomic mass is 16.7. The molecule has 0 saturated heterocycles. The van der Waals surface area contributed by atoms with E-state index >= 15 is 0 Å². The van der Waals surface area contributed by atoms with Gasteiger partial charge in [0.15, 0.2) is 5.76 Å². The Morgan fingerprint density at radius 2 is 1.55 bits per heavy atom. The zero-order valence-corrected chi connectivity index (χ0v) is 32.2. The third kappa shape index (κ3) is 13.3. The zero-order valence-electron chi connectivity index (χ0n) is 32.2. The van der Waals surface area contributed by atoms with Crippen molar-refractivity contribution >= 4 is 36.1 Å². The number of methoxy groups -OCH3 is 2. The quantitative estimate of drug-likeness (QED) is 0.0417. The maximum atomic E-state index is 13.6. The lowest BCUT2D eigenvalue weighted by atomic mass is 9.89. The second-order valence-corrected chi connectivity index (χ2v) is 12.5. The van der Waals surface area contributed by atoms with E-state index in [1.807, 2.05) is 37.3 Å². The first-order chi connectivity index (χ1) is 26.6. The van der Waals surface area contributed by atoms with Crippen LogP contribution in [0.4, 0.5) is 0 Å². The molecule has 55 heavy (non-hydrogen) atoms. The van der Waals surface area contributed by atoms with Crippen molar-refractivity contribution in [1.29, 1.82) is 0 Å². The van der Waals surface area contributed by atoms with Crippen LogP contribution in [0.1, 0.15) is 85.8 Å².